The van der Waals surface area contributed by atoms with Crippen molar-refractivity contribution in [1.82, 2.24) is 10.2 Å². The molecule has 4 aromatic rings. The molecule has 0 aliphatic rings. The van der Waals surface area contributed by atoms with Gasteiger partial charge in [-0.05, 0) is 84.6 Å². The number of hydrogen-bond acceptors (Lipinski definition) is 4. The minimum atomic E-state index is -4.24. The van der Waals surface area contributed by atoms with Crippen LogP contribution in [-0.4, -0.2) is 44.8 Å². The Bertz CT molecular complexity index is 1750. The van der Waals surface area contributed by atoms with Crippen molar-refractivity contribution in [2.45, 2.75) is 37.8 Å². The lowest BCUT2D eigenvalue weighted by molar-refractivity contribution is -0.139. The summed E-state index contributed by atoms with van der Waals surface area (Å²) < 4.78 is 29.2. The van der Waals surface area contributed by atoms with Crippen LogP contribution in [0, 0.1) is 13.8 Å². The number of halogens is 3. The quantitative estimate of drug-likeness (QED) is 0.189. The predicted octanol–water partition coefficient (Wildman–Crippen LogP) is 6.85. The molecule has 0 radical (unpaired) electrons. The van der Waals surface area contributed by atoms with E-state index < -0.39 is 34.4 Å². The van der Waals surface area contributed by atoms with Gasteiger partial charge in [0.05, 0.1) is 20.6 Å². The zero-order chi connectivity index (χ0) is 32.0. The Kier molecular flexibility index (Phi) is 11.0. The fourth-order valence-corrected chi connectivity index (χ4v) is 6.55. The third-order valence-corrected chi connectivity index (χ3v) is 10.1. The second-order valence-corrected chi connectivity index (χ2v) is 13.4. The number of carbonyl (C=O) groups is 2. The van der Waals surface area contributed by atoms with Crippen LogP contribution in [0.3, 0.4) is 0 Å². The molecule has 11 heteroatoms. The minimum Gasteiger partial charge on any atom is -0.357 e. The summed E-state index contributed by atoms with van der Waals surface area (Å²) in [5, 5.41) is 3.67. The highest BCUT2D eigenvalue weighted by Gasteiger charge is 2.34. The Balaban J connectivity index is 1.81. The molecule has 0 heterocycles. The van der Waals surface area contributed by atoms with Crippen molar-refractivity contribution in [3.8, 4) is 0 Å². The second-order valence-electron chi connectivity index (χ2n) is 10.3. The van der Waals surface area contributed by atoms with Gasteiger partial charge < -0.3 is 10.2 Å². The van der Waals surface area contributed by atoms with Gasteiger partial charge in [-0.3, -0.25) is 13.9 Å². The Morgan fingerprint density at radius 3 is 2.09 bits per heavy atom. The summed E-state index contributed by atoms with van der Waals surface area (Å²) in [6.45, 7) is 3.18. The van der Waals surface area contributed by atoms with Crippen LogP contribution in [0.1, 0.15) is 22.3 Å². The Morgan fingerprint density at radius 1 is 0.795 bits per heavy atom. The summed E-state index contributed by atoms with van der Waals surface area (Å²) in [7, 11) is -2.74. The summed E-state index contributed by atoms with van der Waals surface area (Å²) in [5.41, 5.74) is 3.57. The van der Waals surface area contributed by atoms with Gasteiger partial charge in [-0.1, -0.05) is 77.3 Å². The highest BCUT2D eigenvalue weighted by molar-refractivity contribution is 7.92. The van der Waals surface area contributed by atoms with Gasteiger partial charge in [0, 0.05) is 25.0 Å². The van der Waals surface area contributed by atoms with Crippen LogP contribution in [0.25, 0.3) is 0 Å². The first-order valence-electron chi connectivity index (χ1n) is 13.7. The highest BCUT2D eigenvalue weighted by Crippen LogP contribution is 2.28. The number of nitrogens with zero attached hydrogens (tertiary/aromatic N) is 2. The van der Waals surface area contributed by atoms with E-state index in [0.717, 1.165) is 21.0 Å². The molecule has 0 fully saturated rings. The van der Waals surface area contributed by atoms with Crippen molar-refractivity contribution < 1.29 is 18.0 Å². The van der Waals surface area contributed by atoms with E-state index in [1.807, 2.05) is 44.2 Å². The zero-order valence-electron chi connectivity index (χ0n) is 24.4. The van der Waals surface area contributed by atoms with Gasteiger partial charge in [-0.15, -0.1) is 0 Å². The topological polar surface area (TPSA) is 86.8 Å². The highest BCUT2D eigenvalue weighted by atomic mass is 35.5. The van der Waals surface area contributed by atoms with Gasteiger partial charge >= 0.3 is 0 Å². The van der Waals surface area contributed by atoms with Crippen LogP contribution < -0.4 is 9.62 Å². The largest absolute Gasteiger partial charge is 0.357 e. The Labute approximate surface area is 273 Å². The van der Waals surface area contributed by atoms with Gasteiger partial charge in [0.25, 0.3) is 10.0 Å². The first-order valence-corrected chi connectivity index (χ1v) is 16.3. The molecule has 0 unspecified atom stereocenters. The normalized spacial score (nSPS) is 12.0. The van der Waals surface area contributed by atoms with Crippen molar-refractivity contribution >= 4 is 62.3 Å². The molecule has 1 N–H and O–H groups in total. The number of hydrogen-bond donors (Lipinski definition) is 1. The number of likely N-dealkylation sites (N-methyl/N-ethyl adjacent to an activating group) is 1. The molecule has 0 saturated carbocycles. The molecular weight excluding hydrogens is 641 g/mol. The lowest BCUT2D eigenvalue weighted by Crippen LogP contribution is -2.53. The maximum absolute atomic E-state index is 14.4. The fraction of sp³-hybridized carbons (Fsp3) is 0.212. The zero-order valence-corrected chi connectivity index (χ0v) is 27.5. The van der Waals surface area contributed by atoms with Gasteiger partial charge in [0.2, 0.25) is 11.8 Å². The molecule has 0 saturated heterocycles. The third-order valence-electron chi connectivity index (χ3n) is 7.31. The average molecular weight is 673 g/mol. The van der Waals surface area contributed by atoms with Crippen LogP contribution in [0.2, 0.25) is 15.1 Å². The molecular formula is C33H32Cl3N3O4S. The van der Waals surface area contributed by atoms with Crippen molar-refractivity contribution in [3.63, 3.8) is 0 Å². The van der Waals surface area contributed by atoms with Crippen molar-refractivity contribution in [2.24, 2.45) is 0 Å². The minimum absolute atomic E-state index is 0.0254. The maximum Gasteiger partial charge on any atom is 0.264 e. The lowest BCUT2D eigenvalue weighted by Gasteiger charge is -2.33. The molecule has 0 spiro atoms. The number of aryl methyl sites for hydroxylation is 2. The van der Waals surface area contributed by atoms with Gasteiger partial charge in [0.15, 0.2) is 0 Å². The van der Waals surface area contributed by atoms with Crippen molar-refractivity contribution in [3.05, 3.63) is 128 Å². The molecule has 0 aliphatic carbocycles. The fourth-order valence-electron chi connectivity index (χ4n) is 4.70. The molecule has 4 aromatic carbocycles. The van der Waals surface area contributed by atoms with Crippen molar-refractivity contribution in [2.75, 3.05) is 17.9 Å². The number of anilines is 1. The molecule has 4 rings (SSSR count). The molecule has 1 atom stereocenters. The lowest BCUT2D eigenvalue weighted by atomic mass is 10.0. The molecule has 0 aromatic heterocycles. The number of benzene rings is 4. The summed E-state index contributed by atoms with van der Waals surface area (Å²) in [4.78, 5) is 29.1. The first kappa shape index (κ1) is 33.3. The number of sulfonamides is 1. The van der Waals surface area contributed by atoms with Crippen molar-refractivity contribution in [1.29, 1.82) is 0 Å². The van der Waals surface area contributed by atoms with Crippen LogP contribution in [-0.2, 0) is 32.6 Å². The van der Waals surface area contributed by atoms with E-state index in [2.05, 4.69) is 5.32 Å². The molecule has 0 aliphatic heterocycles. The van der Waals surface area contributed by atoms with E-state index in [4.69, 9.17) is 34.8 Å². The average Bonchev–Trinajstić information content (AvgIpc) is 3.01. The predicted molar refractivity (Wildman–Crippen MR) is 177 cm³/mol. The molecule has 7 nitrogen and oxygen atoms in total. The number of rotatable bonds is 11. The van der Waals surface area contributed by atoms with E-state index in [9.17, 15) is 18.0 Å². The molecule has 230 valence electrons. The third kappa shape index (κ3) is 7.93. The molecule has 0 bridgehead atoms. The number of nitrogens with one attached hydrogen (secondary N) is 1. The number of amides is 2. The Hall–Kier alpha value is -3.56. The van der Waals surface area contributed by atoms with E-state index in [1.54, 1.807) is 36.4 Å². The summed E-state index contributed by atoms with van der Waals surface area (Å²) in [6, 6.07) is 24.2. The Morgan fingerprint density at radius 2 is 1.48 bits per heavy atom. The van der Waals surface area contributed by atoms with E-state index in [0.29, 0.717) is 21.3 Å². The van der Waals surface area contributed by atoms with E-state index >= 15 is 0 Å². The SMILES string of the molecule is CNC(=O)[C@H](Cc1ccccc1)N(Cc1ccc(Cl)c(Cl)c1)C(=O)CN(c1ccc(C)c(C)c1)S(=O)(=O)c1ccc(Cl)cc1. The molecule has 44 heavy (non-hydrogen) atoms. The second kappa shape index (κ2) is 14.5. The van der Waals surface area contributed by atoms with Crippen LogP contribution >= 0.6 is 34.8 Å². The standard InChI is InChI=1S/C33H32Cl3N3O4S/c1-22-9-13-27(17-23(22)2)39(44(42,43)28-14-11-26(34)12-15-28)21-32(40)38(20-25-10-16-29(35)30(36)18-25)31(33(41)37-3)19-24-7-5-4-6-8-24/h4-18,31H,19-21H2,1-3H3,(H,37,41)/t31-/m0/s1. The summed E-state index contributed by atoms with van der Waals surface area (Å²) in [6.07, 6.45) is 0.196. The maximum atomic E-state index is 14.4. The smallest absolute Gasteiger partial charge is 0.264 e. The van der Waals surface area contributed by atoms with Gasteiger partial charge in [-0.25, -0.2) is 8.42 Å². The summed E-state index contributed by atoms with van der Waals surface area (Å²) in [5.74, 6) is -0.989. The monoisotopic (exact) mass is 671 g/mol. The summed E-state index contributed by atoms with van der Waals surface area (Å²) >= 11 is 18.5. The van der Waals surface area contributed by atoms with Gasteiger partial charge in [0.1, 0.15) is 12.6 Å². The van der Waals surface area contributed by atoms with Gasteiger partial charge in [-0.2, -0.15) is 0 Å². The van der Waals surface area contributed by atoms with Crippen LogP contribution in [0.4, 0.5) is 5.69 Å². The van der Waals surface area contributed by atoms with Crippen LogP contribution in [0.5, 0.6) is 0 Å². The first-order chi connectivity index (χ1) is 20.9. The van der Waals surface area contributed by atoms with E-state index in [1.165, 1.54) is 36.2 Å². The van der Waals surface area contributed by atoms with Crippen LogP contribution in [0.15, 0.2) is 95.9 Å². The molecule has 2 amide bonds. The van der Waals surface area contributed by atoms with E-state index in [-0.39, 0.29) is 22.9 Å². The number of carbonyl (C=O) groups excluding carboxylic acids is 2.